The van der Waals surface area contributed by atoms with Crippen LogP contribution in [-0.2, 0) is 17.5 Å². The smallest absolute Gasteiger partial charge is 0.342 e. The van der Waals surface area contributed by atoms with Crippen molar-refractivity contribution in [3.63, 3.8) is 0 Å². The number of alkyl halides is 3. The van der Waals surface area contributed by atoms with E-state index in [-0.39, 0.29) is 23.0 Å². The highest BCUT2D eigenvalue weighted by molar-refractivity contribution is 8.18. The molecule has 2 fully saturated rings. The predicted octanol–water partition coefficient (Wildman–Crippen LogP) is 5.90. The normalized spacial score (nSPS) is 23.5. The number of nitrogens with zero attached hydrogens (tertiary/aromatic N) is 5. The number of halogens is 4. The van der Waals surface area contributed by atoms with Gasteiger partial charge in [0, 0.05) is 35.6 Å². The van der Waals surface area contributed by atoms with Crippen LogP contribution in [0.2, 0.25) is 5.02 Å². The lowest BCUT2D eigenvalue weighted by atomic mass is 9.92. The van der Waals surface area contributed by atoms with Gasteiger partial charge in [-0.05, 0) is 79.5 Å². The molecule has 0 radical (unpaired) electrons. The molecule has 1 amide bonds. The number of piperazine rings is 1. The predicted molar refractivity (Wildman–Crippen MR) is 144 cm³/mol. The van der Waals surface area contributed by atoms with Gasteiger partial charge in [0.05, 0.1) is 28.7 Å². The summed E-state index contributed by atoms with van der Waals surface area (Å²) in [6, 6.07) is 10.1. The molecule has 2 atom stereocenters. The van der Waals surface area contributed by atoms with Crippen LogP contribution in [0.1, 0.15) is 36.0 Å². The number of aromatic nitrogens is 2. The standard InChI is InChI=1S/C27H25ClF3N5OS/c1-34-14-20-3-2-4-21(15-34)36(20)26-33-25(37)24(38-26)10-16-5-8-23-18(9-16)12-32-35(23)13-17-6-7-19(28)11-22(17)27(29,30)31/h5-12,20-21H,2-4,13-15H2,1H3/b24-10-/t20-,21+. The number of amides is 1. The van der Waals surface area contributed by atoms with Gasteiger partial charge in [0.2, 0.25) is 0 Å². The van der Waals surface area contributed by atoms with Crippen molar-refractivity contribution >= 4 is 51.4 Å². The van der Waals surface area contributed by atoms with E-state index < -0.39 is 11.7 Å². The maximum atomic E-state index is 13.5. The van der Waals surface area contributed by atoms with Crippen molar-refractivity contribution in [3.05, 3.63) is 69.2 Å². The number of carbonyl (C=O) groups is 1. The lowest BCUT2D eigenvalue weighted by Crippen LogP contribution is -2.60. The van der Waals surface area contributed by atoms with Gasteiger partial charge in [-0.3, -0.25) is 9.48 Å². The Hall–Kier alpha value is -2.82. The third kappa shape index (κ3) is 4.85. The third-order valence-corrected chi connectivity index (χ3v) is 8.63. The van der Waals surface area contributed by atoms with Crippen LogP contribution in [0, 0.1) is 0 Å². The molecule has 4 heterocycles. The molecule has 38 heavy (non-hydrogen) atoms. The van der Waals surface area contributed by atoms with E-state index in [1.54, 1.807) is 6.20 Å². The first-order valence-electron chi connectivity index (χ1n) is 12.5. The van der Waals surface area contributed by atoms with Gasteiger partial charge in [-0.15, -0.1) is 0 Å². The van der Waals surface area contributed by atoms with Gasteiger partial charge in [0.25, 0.3) is 5.91 Å². The van der Waals surface area contributed by atoms with Crippen molar-refractivity contribution in [3.8, 4) is 0 Å². The summed E-state index contributed by atoms with van der Waals surface area (Å²) in [4.78, 5) is 22.5. The molecular formula is C27H25ClF3N5OS. The first kappa shape index (κ1) is 25.5. The van der Waals surface area contributed by atoms with E-state index >= 15 is 0 Å². The van der Waals surface area contributed by atoms with Crippen molar-refractivity contribution in [2.24, 2.45) is 4.99 Å². The van der Waals surface area contributed by atoms with Gasteiger partial charge in [-0.1, -0.05) is 23.7 Å². The molecule has 0 N–H and O–H groups in total. The SMILES string of the molecule is CN1C[C@H]2CCC[C@@H](C1)N2C1=NC(=O)/C(=C/c2ccc3c(cnn3Cc3ccc(Cl)cc3C(F)(F)F)c2)S1. The second-order valence-electron chi connectivity index (χ2n) is 10.1. The maximum absolute atomic E-state index is 13.5. The average molecular weight is 560 g/mol. The zero-order valence-electron chi connectivity index (χ0n) is 20.6. The van der Waals surface area contributed by atoms with Crippen molar-refractivity contribution in [2.45, 2.75) is 44.1 Å². The van der Waals surface area contributed by atoms with Crippen LogP contribution in [0.3, 0.4) is 0 Å². The number of thioether (sulfide) groups is 1. The fraction of sp³-hybridized carbons (Fsp3) is 0.370. The summed E-state index contributed by atoms with van der Waals surface area (Å²) >= 11 is 7.24. The number of aliphatic imine (C=N–C) groups is 1. The average Bonchev–Trinajstić information content (AvgIpc) is 3.41. The fourth-order valence-electron chi connectivity index (χ4n) is 5.72. The largest absolute Gasteiger partial charge is 0.416 e. The maximum Gasteiger partial charge on any atom is 0.416 e. The molecule has 0 saturated carbocycles. The Balaban J connectivity index is 1.22. The molecule has 6 rings (SSSR count). The first-order valence-corrected chi connectivity index (χ1v) is 13.7. The monoisotopic (exact) mass is 559 g/mol. The lowest BCUT2D eigenvalue weighted by Gasteiger charge is -2.49. The lowest BCUT2D eigenvalue weighted by molar-refractivity contribution is -0.138. The highest BCUT2D eigenvalue weighted by atomic mass is 35.5. The molecule has 0 unspecified atom stereocenters. The van der Waals surface area contributed by atoms with E-state index in [4.69, 9.17) is 11.6 Å². The van der Waals surface area contributed by atoms with Gasteiger partial charge >= 0.3 is 6.18 Å². The van der Waals surface area contributed by atoms with Gasteiger partial charge in [-0.25, -0.2) is 0 Å². The molecule has 11 heteroatoms. The van der Waals surface area contributed by atoms with Crippen LogP contribution in [0.5, 0.6) is 0 Å². The summed E-state index contributed by atoms with van der Waals surface area (Å²) in [6.45, 7) is 1.91. The Morgan fingerprint density at radius 2 is 1.89 bits per heavy atom. The molecule has 3 aromatic rings. The highest BCUT2D eigenvalue weighted by Gasteiger charge is 2.40. The summed E-state index contributed by atoms with van der Waals surface area (Å²) in [7, 11) is 2.14. The van der Waals surface area contributed by atoms with Crippen LogP contribution < -0.4 is 0 Å². The summed E-state index contributed by atoms with van der Waals surface area (Å²) in [5.41, 5.74) is 0.824. The molecule has 2 saturated heterocycles. The van der Waals surface area contributed by atoms with Crippen LogP contribution >= 0.6 is 23.4 Å². The number of amidine groups is 1. The summed E-state index contributed by atoms with van der Waals surface area (Å²) in [6.07, 6.45) is 2.35. The van der Waals surface area contributed by atoms with Crippen LogP contribution in [0.4, 0.5) is 13.2 Å². The number of benzene rings is 2. The van der Waals surface area contributed by atoms with Crippen LogP contribution in [0.25, 0.3) is 17.0 Å². The Morgan fingerprint density at radius 3 is 2.63 bits per heavy atom. The second kappa shape index (κ2) is 9.73. The van der Waals surface area contributed by atoms with Crippen LogP contribution in [-0.4, -0.2) is 62.9 Å². The van der Waals surface area contributed by atoms with E-state index in [1.807, 2.05) is 24.3 Å². The van der Waals surface area contributed by atoms with Crippen molar-refractivity contribution < 1.29 is 18.0 Å². The number of hydrogen-bond donors (Lipinski definition) is 0. The van der Waals surface area contributed by atoms with E-state index in [0.29, 0.717) is 22.5 Å². The highest BCUT2D eigenvalue weighted by Crippen LogP contribution is 2.38. The Morgan fingerprint density at radius 1 is 1.13 bits per heavy atom. The topological polar surface area (TPSA) is 53.7 Å². The second-order valence-corrected chi connectivity index (χ2v) is 11.5. The number of carbonyl (C=O) groups excluding carboxylic acids is 1. The molecule has 1 aromatic heterocycles. The molecule has 2 aromatic carbocycles. The minimum absolute atomic E-state index is 0.0337. The molecule has 3 aliphatic rings. The summed E-state index contributed by atoms with van der Waals surface area (Å²) in [5.74, 6) is -0.236. The molecule has 198 valence electrons. The molecule has 2 bridgehead atoms. The van der Waals surface area contributed by atoms with E-state index in [9.17, 15) is 18.0 Å². The van der Waals surface area contributed by atoms with Crippen molar-refractivity contribution in [2.75, 3.05) is 20.1 Å². The van der Waals surface area contributed by atoms with Gasteiger partial charge in [0.1, 0.15) is 0 Å². The number of fused-ring (bicyclic) bond motifs is 3. The first-order chi connectivity index (χ1) is 18.2. The number of likely N-dealkylation sites (N-methyl/N-ethyl adjacent to an activating group) is 1. The zero-order chi connectivity index (χ0) is 26.6. The number of hydrogen-bond acceptors (Lipinski definition) is 5. The Kier molecular flexibility index (Phi) is 6.52. The number of rotatable bonds is 3. The minimum atomic E-state index is -4.52. The van der Waals surface area contributed by atoms with E-state index in [1.165, 1.54) is 35.0 Å². The third-order valence-electron chi connectivity index (χ3n) is 7.40. The molecular weight excluding hydrogens is 535 g/mol. The minimum Gasteiger partial charge on any atom is -0.342 e. The van der Waals surface area contributed by atoms with Gasteiger partial charge in [-0.2, -0.15) is 23.3 Å². The fourth-order valence-corrected chi connectivity index (χ4v) is 6.95. The zero-order valence-corrected chi connectivity index (χ0v) is 22.2. The molecule has 0 spiro atoms. The van der Waals surface area contributed by atoms with E-state index in [0.717, 1.165) is 48.1 Å². The van der Waals surface area contributed by atoms with E-state index in [2.05, 4.69) is 26.9 Å². The molecule has 3 aliphatic heterocycles. The van der Waals surface area contributed by atoms with Crippen LogP contribution in [0.15, 0.2) is 52.5 Å². The Labute approximate surface area is 227 Å². The summed E-state index contributed by atoms with van der Waals surface area (Å²) < 4.78 is 42.2. The van der Waals surface area contributed by atoms with Gasteiger partial charge in [0.15, 0.2) is 5.17 Å². The number of piperidine rings is 1. The molecule has 6 nitrogen and oxygen atoms in total. The summed E-state index contributed by atoms with van der Waals surface area (Å²) in [5, 5.41) is 5.92. The van der Waals surface area contributed by atoms with Crippen molar-refractivity contribution in [1.29, 1.82) is 0 Å². The van der Waals surface area contributed by atoms with Crippen molar-refractivity contribution in [1.82, 2.24) is 19.6 Å². The van der Waals surface area contributed by atoms with Gasteiger partial charge < -0.3 is 9.80 Å². The quantitative estimate of drug-likeness (QED) is 0.374. The Bertz CT molecular complexity index is 1470. The number of likely N-dealkylation sites (tertiary alicyclic amines) is 1. The molecule has 0 aliphatic carbocycles.